The summed E-state index contributed by atoms with van der Waals surface area (Å²) in [6, 6.07) is 19.5. The van der Waals surface area contributed by atoms with E-state index in [1.165, 1.54) is 11.8 Å². The van der Waals surface area contributed by atoms with Gasteiger partial charge in [0.1, 0.15) is 5.54 Å². The summed E-state index contributed by atoms with van der Waals surface area (Å²) in [7, 11) is 0. The van der Waals surface area contributed by atoms with Gasteiger partial charge in [-0.25, -0.2) is 4.90 Å². The van der Waals surface area contributed by atoms with Crippen molar-refractivity contribution in [3.8, 4) is 0 Å². The molecule has 9 nitrogen and oxygen atoms in total. The number of nitrogens with one attached hydrogen (secondary N) is 4. The number of hydrogen-bond donors (Lipinski definition) is 4. The average Bonchev–Trinajstić information content (AvgIpc) is 3.64. The van der Waals surface area contributed by atoms with Crippen LogP contribution in [0.4, 0.5) is 17.1 Å². The second-order valence-corrected chi connectivity index (χ2v) is 11.4. The first-order chi connectivity index (χ1) is 19.3. The normalized spacial score (nSPS) is 25.0. The quantitative estimate of drug-likeness (QED) is 0.264. The lowest BCUT2D eigenvalue weighted by Crippen LogP contribution is -2.53. The lowest BCUT2D eigenvalue weighted by Gasteiger charge is -2.29. The number of rotatable bonds is 4. The first-order valence-electron chi connectivity index (χ1n) is 13.0. The van der Waals surface area contributed by atoms with Crippen LogP contribution in [0.5, 0.6) is 0 Å². The van der Waals surface area contributed by atoms with E-state index in [1.807, 2.05) is 42.6 Å². The molecule has 4 amide bonds. The van der Waals surface area contributed by atoms with Crippen molar-refractivity contribution in [2.45, 2.75) is 24.9 Å². The maximum atomic E-state index is 14.2. The SMILES string of the molecule is CC(=O)Nc1ccc(N2C(=O)[C@H]3[C@@H](C2=O)[C@@]2(N[C@@H]3Cc3c[nH]c4ccccc34)C(=O)Nc3ccc(Br)cc32)cc1. The minimum atomic E-state index is -1.40. The molecule has 200 valence electrons. The Morgan fingerprint density at radius 2 is 1.80 bits per heavy atom. The molecule has 4 N–H and O–H groups in total. The maximum absolute atomic E-state index is 14.2. The van der Waals surface area contributed by atoms with Crippen LogP contribution in [0.25, 0.3) is 10.9 Å². The zero-order valence-corrected chi connectivity index (χ0v) is 22.9. The van der Waals surface area contributed by atoms with Crippen molar-refractivity contribution < 1.29 is 19.2 Å². The zero-order chi connectivity index (χ0) is 27.8. The summed E-state index contributed by atoms with van der Waals surface area (Å²) >= 11 is 3.51. The van der Waals surface area contributed by atoms with Crippen LogP contribution in [0, 0.1) is 11.8 Å². The van der Waals surface area contributed by atoms with Crippen LogP contribution in [0.2, 0.25) is 0 Å². The Balaban J connectivity index is 1.34. The van der Waals surface area contributed by atoms with E-state index in [1.54, 1.807) is 30.3 Å². The monoisotopic (exact) mass is 597 g/mol. The van der Waals surface area contributed by atoms with E-state index in [0.29, 0.717) is 29.0 Å². The smallest absolute Gasteiger partial charge is 0.250 e. The fourth-order valence-electron chi connectivity index (χ4n) is 6.64. The number of hydrogen-bond acceptors (Lipinski definition) is 5. The highest BCUT2D eigenvalue weighted by atomic mass is 79.9. The van der Waals surface area contributed by atoms with Crippen molar-refractivity contribution >= 4 is 67.5 Å². The highest BCUT2D eigenvalue weighted by Crippen LogP contribution is 2.54. The number of amides is 4. The van der Waals surface area contributed by atoms with Crippen LogP contribution >= 0.6 is 15.9 Å². The van der Waals surface area contributed by atoms with Gasteiger partial charge in [0.05, 0.1) is 17.5 Å². The molecule has 4 atom stereocenters. The molecule has 4 aromatic rings. The first kappa shape index (κ1) is 24.7. The Labute approximate surface area is 237 Å². The molecule has 7 rings (SSSR count). The number of imide groups is 1. The minimum Gasteiger partial charge on any atom is -0.361 e. The molecule has 10 heteroatoms. The molecule has 1 aromatic heterocycles. The number of para-hydroxylation sites is 1. The fraction of sp³-hybridized carbons (Fsp3) is 0.200. The Morgan fingerprint density at radius 1 is 1.02 bits per heavy atom. The Bertz CT molecular complexity index is 1750. The van der Waals surface area contributed by atoms with Crippen molar-refractivity contribution in [2.24, 2.45) is 11.8 Å². The van der Waals surface area contributed by atoms with Crippen LogP contribution in [0.3, 0.4) is 0 Å². The van der Waals surface area contributed by atoms with E-state index < -0.39 is 29.3 Å². The standard InChI is InChI=1S/C30H24BrN5O4/c1-15(37)33-18-7-9-19(10-8-18)36-27(38)25-24(12-16-14-32-22-5-3-2-4-20(16)22)35-30(26(25)28(36)39)21-13-17(31)6-11-23(21)34-29(30)40/h2-11,13-14,24-26,32,35H,12H2,1H3,(H,33,37)(H,34,40)/t24-,25-,26+,30-/m1/s1. The number of aromatic nitrogens is 1. The summed E-state index contributed by atoms with van der Waals surface area (Å²) < 4.78 is 0.766. The third-order valence-electron chi connectivity index (χ3n) is 8.24. The van der Waals surface area contributed by atoms with E-state index in [2.05, 4.69) is 36.9 Å². The molecular formula is C30H24BrN5O4. The molecule has 4 heterocycles. The third kappa shape index (κ3) is 3.49. The summed E-state index contributed by atoms with van der Waals surface area (Å²) in [5, 5.41) is 10.2. The Hall–Kier alpha value is -4.28. The highest BCUT2D eigenvalue weighted by molar-refractivity contribution is 9.10. The van der Waals surface area contributed by atoms with E-state index in [0.717, 1.165) is 20.9 Å². The van der Waals surface area contributed by atoms with Crippen molar-refractivity contribution in [1.82, 2.24) is 10.3 Å². The number of H-pyrrole nitrogens is 1. The molecule has 2 fully saturated rings. The van der Waals surface area contributed by atoms with Crippen LogP contribution < -0.4 is 20.9 Å². The van der Waals surface area contributed by atoms with Crippen molar-refractivity contribution in [2.75, 3.05) is 15.5 Å². The second-order valence-electron chi connectivity index (χ2n) is 10.5. The van der Waals surface area contributed by atoms with E-state index in [4.69, 9.17) is 0 Å². The molecule has 0 aliphatic carbocycles. The number of halogens is 1. The molecule has 0 bridgehead atoms. The largest absolute Gasteiger partial charge is 0.361 e. The molecular weight excluding hydrogens is 574 g/mol. The van der Waals surface area contributed by atoms with Gasteiger partial charge >= 0.3 is 0 Å². The Morgan fingerprint density at radius 3 is 2.58 bits per heavy atom. The summed E-state index contributed by atoms with van der Waals surface area (Å²) in [6.45, 7) is 1.41. The predicted molar refractivity (Wildman–Crippen MR) is 154 cm³/mol. The van der Waals surface area contributed by atoms with Crippen molar-refractivity contribution in [1.29, 1.82) is 0 Å². The van der Waals surface area contributed by atoms with Gasteiger partial charge < -0.3 is 15.6 Å². The molecule has 2 saturated heterocycles. The van der Waals surface area contributed by atoms with E-state index >= 15 is 0 Å². The summed E-state index contributed by atoms with van der Waals surface area (Å²) in [5.41, 5.74) is 2.78. The second kappa shape index (κ2) is 8.87. The van der Waals surface area contributed by atoms with Crippen LogP contribution in [0.15, 0.2) is 77.4 Å². The predicted octanol–water partition coefficient (Wildman–Crippen LogP) is 4.06. The lowest BCUT2D eigenvalue weighted by molar-refractivity contribution is -0.130. The van der Waals surface area contributed by atoms with E-state index in [9.17, 15) is 19.2 Å². The average molecular weight is 598 g/mol. The van der Waals surface area contributed by atoms with Crippen LogP contribution in [0.1, 0.15) is 18.1 Å². The van der Waals surface area contributed by atoms with Gasteiger partial charge in [0.15, 0.2) is 0 Å². The lowest BCUT2D eigenvalue weighted by atomic mass is 9.76. The number of benzene rings is 3. The van der Waals surface area contributed by atoms with Gasteiger partial charge in [0.2, 0.25) is 23.6 Å². The fourth-order valence-corrected chi connectivity index (χ4v) is 7.00. The molecule has 1 spiro atoms. The maximum Gasteiger partial charge on any atom is 0.250 e. The summed E-state index contributed by atoms with van der Waals surface area (Å²) in [6.07, 6.45) is 2.36. The number of aromatic amines is 1. The van der Waals surface area contributed by atoms with Crippen LogP contribution in [-0.4, -0.2) is 34.7 Å². The first-order valence-corrected chi connectivity index (χ1v) is 13.8. The van der Waals surface area contributed by atoms with Gasteiger partial charge in [-0.2, -0.15) is 0 Å². The molecule has 40 heavy (non-hydrogen) atoms. The van der Waals surface area contributed by atoms with Gasteiger partial charge in [-0.1, -0.05) is 34.1 Å². The molecule has 0 radical (unpaired) electrons. The molecule has 0 saturated carbocycles. The van der Waals surface area contributed by atoms with Crippen LogP contribution in [-0.2, 0) is 31.1 Å². The van der Waals surface area contributed by atoms with Gasteiger partial charge in [0.25, 0.3) is 0 Å². The van der Waals surface area contributed by atoms with E-state index in [-0.39, 0.29) is 17.7 Å². The number of carbonyl (C=O) groups excluding carboxylic acids is 4. The minimum absolute atomic E-state index is 0.221. The van der Waals surface area contributed by atoms with Gasteiger partial charge in [-0.05, 0) is 60.5 Å². The molecule has 3 aliphatic rings. The number of anilines is 3. The molecule has 0 unspecified atom stereocenters. The zero-order valence-electron chi connectivity index (χ0n) is 21.3. The molecule has 3 aromatic carbocycles. The van der Waals surface area contributed by atoms with Crippen molar-refractivity contribution in [3.63, 3.8) is 0 Å². The van der Waals surface area contributed by atoms with Gasteiger partial charge in [-0.3, -0.25) is 24.5 Å². The molecule has 3 aliphatic heterocycles. The topological polar surface area (TPSA) is 123 Å². The highest BCUT2D eigenvalue weighted by Gasteiger charge is 2.70. The summed E-state index contributed by atoms with van der Waals surface area (Å²) in [4.78, 5) is 58.1. The number of nitrogens with zero attached hydrogens (tertiary/aromatic N) is 1. The summed E-state index contributed by atoms with van der Waals surface area (Å²) in [5.74, 6) is -3.07. The third-order valence-corrected chi connectivity index (χ3v) is 8.73. The number of fused-ring (bicyclic) bond motifs is 5. The Kier molecular flexibility index (Phi) is 5.48. The van der Waals surface area contributed by atoms with Crippen molar-refractivity contribution in [3.05, 3.63) is 88.5 Å². The van der Waals surface area contributed by atoms with Gasteiger partial charge in [-0.15, -0.1) is 0 Å². The van der Waals surface area contributed by atoms with Gasteiger partial charge in [0, 0.05) is 51.5 Å². The number of carbonyl (C=O) groups is 4.